The molecule has 1 heterocycles. The van der Waals surface area contributed by atoms with E-state index in [1.807, 2.05) is 24.3 Å². The van der Waals surface area contributed by atoms with Crippen molar-refractivity contribution in [1.82, 2.24) is 5.32 Å². The summed E-state index contributed by atoms with van der Waals surface area (Å²) < 4.78 is 11.6. The molecule has 5 nitrogen and oxygen atoms in total. The van der Waals surface area contributed by atoms with E-state index < -0.39 is 6.10 Å². The summed E-state index contributed by atoms with van der Waals surface area (Å²) in [5.41, 5.74) is 6.68. The van der Waals surface area contributed by atoms with Gasteiger partial charge in [0.25, 0.3) is 0 Å². The van der Waals surface area contributed by atoms with Gasteiger partial charge >= 0.3 is 0 Å². The lowest BCUT2D eigenvalue weighted by Crippen LogP contribution is -2.38. The molecule has 148 valence electrons. The third-order valence-electron chi connectivity index (χ3n) is 4.44. The fraction of sp³-hybridized carbons (Fsp3) is 0.650. The molecule has 1 aromatic carbocycles. The molecule has 2 rings (SSSR count). The van der Waals surface area contributed by atoms with Gasteiger partial charge in [-0.2, -0.15) is 0 Å². The molecule has 1 fully saturated rings. The number of benzene rings is 1. The van der Waals surface area contributed by atoms with Crippen LogP contribution in [0.1, 0.15) is 58.1 Å². The van der Waals surface area contributed by atoms with Crippen LogP contribution >= 0.6 is 12.4 Å². The van der Waals surface area contributed by atoms with E-state index in [1.54, 1.807) is 0 Å². The SMILES string of the molecule is CCCOc1ccccc1C(CC(C)C)NC(=O)[C@@H]1CC[C@H](CN)O1.Cl. The lowest BCUT2D eigenvalue weighted by Gasteiger charge is -2.25. The number of para-hydroxylation sites is 1. The van der Waals surface area contributed by atoms with Crippen molar-refractivity contribution < 1.29 is 14.3 Å². The monoisotopic (exact) mass is 384 g/mol. The van der Waals surface area contributed by atoms with Crippen LogP contribution in [-0.2, 0) is 9.53 Å². The number of carbonyl (C=O) groups excluding carboxylic acids is 1. The van der Waals surface area contributed by atoms with Crippen molar-refractivity contribution in [1.29, 1.82) is 0 Å². The van der Waals surface area contributed by atoms with Gasteiger partial charge in [0.05, 0.1) is 18.8 Å². The minimum absolute atomic E-state index is 0. The fourth-order valence-electron chi connectivity index (χ4n) is 3.18. The Hall–Kier alpha value is -1.30. The molecule has 0 aliphatic carbocycles. The maximum absolute atomic E-state index is 12.7. The Morgan fingerprint density at radius 2 is 2.08 bits per heavy atom. The number of hydrogen-bond donors (Lipinski definition) is 2. The quantitative estimate of drug-likeness (QED) is 0.682. The maximum atomic E-state index is 12.7. The summed E-state index contributed by atoms with van der Waals surface area (Å²) in [6, 6.07) is 7.89. The molecule has 1 saturated heterocycles. The largest absolute Gasteiger partial charge is 0.493 e. The van der Waals surface area contributed by atoms with Crippen molar-refractivity contribution >= 4 is 18.3 Å². The number of nitrogens with two attached hydrogens (primary N) is 1. The summed E-state index contributed by atoms with van der Waals surface area (Å²) in [6.07, 6.45) is 2.99. The van der Waals surface area contributed by atoms with E-state index in [2.05, 4.69) is 26.1 Å². The third-order valence-corrected chi connectivity index (χ3v) is 4.44. The normalized spacial score (nSPS) is 20.5. The molecule has 1 unspecified atom stereocenters. The van der Waals surface area contributed by atoms with E-state index in [0.29, 0.717) is 19.1 Å². The lowest BCUT2D eigenvalue weighted by atomic mass is 9.96. The van der Waals surface area contributed by atoms with Crippen molar-refractivity contribution in [3.05, 3.63) is 29.8 Å². The third kappa shape index (κ3) is 6.45. The molecule has 0 saturated carbocycles. The Balaban J connectivity index is 0.00000338. The Morgan fingerprint density at radius 3 is 2.69 bits per heavy atom. The highest BCUT2D eigenvalue weighted by molar-refractivity contribution is 5.85. The molecular formula is C20H33ClN2O3. The van der Waals surface area contributed by atoms with E-state index in [1.165, 1.54) is 0 Å². The zero-order chi connectivity index (χ0) is 18.2. The van der Waals surface area contributed by atoms with Gasteiger partial charge in [0.1, 0.15) is 11.9 Å². The van der Waals surface area contributed by atoms with Crippen LogP contribution in [0, 0.1) is 5.92 Å². The molecule has 3 atom stereocenters. The molecule has 1 aromatic rings. The first kappa shape index (κ1) is 22.7. The van der Waals surface area contributed by atoms with Gasteiger partial charge in [-0.15, -0.1) is 12.4 Å². The zero-order valence-corrected chi connectivity index (χ0v) is 16.9. The second kappa shape index (κ2) is 11.4. The van der Waals surface area contributed by atoms with E-state index in [9.17, 15) is 4.79 Å². The summed E-state index contributed by atoms with van der Waals surface area (Å²) in [6.45, 7) is 7.54. The highest BCUT2D eigenvalue weighted by Crippen LogP contribution is 2.30. The molecule has 1 aliphatic rings. The Labute approximate surface area is 163 Å². The second-order valence-electron chi connectivity index (χ2n) is 7.14. The molecule has 26 heavy (non-hydrogen) atoms. The maximum Gasteiger partial charge on any atom is 0.249 e. The molecule has 1 aliphatic heterocycles. The van der Waals surface area contributed by atoms with E-state index in [-0.39, 0.29) is 30.5 Å². The minimum Gasteiger partial charge on any atom is -0.493 e. The standard InChI is InChI=1S/C20H32N2O3.ClH/c1-4-11-24-18-8-6-5-7-16(18)17(12-14(2)3)22-20(23)19-10-9-15(13-21)25-19;/h5-8,14-15,17,19H,4,9-13,21H2,1-3H3,(H,22,23);1H/t15-,17?,19+;/m1./s1. The number of rotatable bonds is 9. The van der Waals surface area contributed by atoms with E-state index in [0.717, 1.165) is 37.0 Å². The van der Waals surface area contributed by atoms with Crippen molar-refractivity contribution in [3.8, 4) is 5.75 Å². The van der Waals surface area contributed by atoms with Crippen molar-refractivity contribution in [2.45, 2.75) is 64.7 Å². The highest BCUT2D eigenvalue weighted by atomic mass is 35.5. The average molecular weight is 385 g/mol. The molecule has 3 N–H and O–H groups in total. The molecule has 6 heteroatoms. The number of nitrogens with one attached hydrogen (secondary N) is 1. The van der Waals surface area contributed by atoms with Crippen LogP contribution in [-0.4, -0.2) is 31.3 Å². The Bertz CT molecular complexity index is 554. The van der Waals surface area contributed by atoms with Gasteiger partial charge in [-0.3, -0.25) is 4.79 Å². The summed E-state index contributed by atoms with van der Waals surface area (Å²) in [5.74, 6) is 1.25. The Kier molecular flexibility index (Phi) is 9.99. The smallest absolute Gasteiger partial charge is 0.249 e. The number of carbonyl (C=O) groups is 1. The topological polar surface area (TPSA) is 73.6 Å². The first-order valence-corrected chi connectivity index (χ1v) is 9.42. The van der Waals surface area contributed by atoms with Gasteiger partial charge in [0, 0.05) is 12.1 Å². The summed E-state index contributed by atoms with van der Waals surface area (Å²) in [5, 5.41) is 3.18. The van der Waals surface area contributed by atoms with Gasteiger partial charge < -0.3 is 20.5 Å². The van der Waals surface area contributed by atoms with E-state index >= 15 is 0 Å². The fourth-order valence-corrected chi connectivity index (χ4v) is 3.18. The molecule has 0 bridgehead atoms. The first-order chi connectivity index (χ1) is 12.0. The van der Waals surface area contributed by atoms with Crippen LogP contribution in [0.3, 0.4) is 0 Å². The molecule has 1 amide bonds. The number of halogens is 1. The first-order valence-electron chi connectivity index (χ1n) is 9.42. The average Bonchev–Trinajstić information content (AvgIpc) is 3.08. The predicted molar refractivity (Wildman–Crippen MR) is 107 cm³/mol. The summed E-state index contributed by atoms with van der Waals surface area (Å²) in [7, 11) is 0. The van der Waals surface area contributed by atoms with Gasteiger partial charge in [-0.1, -0.05) is 39.0 Å². The van der Waals surface area contributed by atoms with Crippen LogP contribution in [0.2, 0.25) is 0 Å². The minimum atomic E-state index is -0.396. The molecule has 0 radical (unpaired) electrons. The van der Waals surface area contributed by atoms with Crippen LogP contribution in [0.15, 0.2) is 24.3 Å². The van der Waals surface area contributed by atoms with Crippen LogP contribution in [0.4, 0.5) is 0 Å². The van der Waals surface area contributed by atoms with Crippen molar-refractivity contribution in [2.75, 3.05) is 13.2 Å². The Morgan fingerprint density at radius 1 is 1.35 bits per heavy atom. The van der Waals surface area contributed by atoms with Gasteiger partial charge in [0.15, 0.2) is 0 Å². The highest BCUT2D eigenvalue weighted by Gasteiger charge is 2.31. The summed E-state index contributed by atoms with van der Waals surface area (Å²) >= 11 is 0. The number of hydrogen-bond acceptors (Lipinski definition) is 4. The van der Waals surface area contributed by atoms with Gasteiger partial charge in [0.2, 0.25) is 5.91 Å². The summed E-state index contributed by atoms with van der Waals surface area (Å²) in [4.78, 5) is 12.7. The molecule has 0 spiro atoms. The van der Waals surface area contributed by atoms with Crippen molar-refractivity contribution in [3.63, 3.8) is 0 Å². The number of ether oxygens (including phenoxy) is 2. The van der Waals surface area contributed by atoms with Crippen molar-refractivity contribution in [2.24, 2.45) is 11.7 Å². The van der Waals surface area contributed by atoms with Gasteiger partial charge in [-0.05, 0) is 37.7 Å². The predicted octanol–water partition coefficient (Wildman–Crippen LogP) is 3.61. The van der Waals surface area contributed by atoms with Crippen LogP contribution < -0.4 is 15.8 Å². The van der Waals surface area contributed by atoms with Gasteiger partial charge in [-0.25, -0.2) is 0 Å². The lowest BCUT2D eigenvalue weighted by molar-refractivity contribution is -0.132. The van der Waals surface area contributed by atoms with Crippen LogP contribution in [0.5, 0.6) is 5.75 Å². The molecule has 0 aromatic heterocycles. The number of amides is 1. The second-order valence-corrected chi connectivity index (χ2v) is 7.14. The van der Waals surface area contributed by atoms with E-state index in [4.69, 9.17) is 15.2 Å². The zero-order valence-electron chi connectivity index (χ0n) is 16.1. The molecular weight excluding hydrogens is 352 g/mol. The van der Waals surface area contributed by atoms with Crippen LogP contribution in [0.25, 0.3) is 0 Å².